The van der Waals surface area contributed by atoms with E-state index in [0.717, 1.165) is 70.8 Å². The quantitative estimate of drug-likeness (QED) is 0.513. The molecule has 1 amide bonds. The summed E-state index contributed by atoms with van der Waals surface area (Å²) in [6.07, 6.45) is 3.14. The lowest BCUT2D eigenvalue weighted by atomic mass is 9.89. The zero-order valence-corrected chi connectivity index (χ0v) is 17.5. The Morgan fingerprint density at radius 1 is 1.07 bits per heavy atom. The van der Waals surface area contributed by atoms with Gasteiger partial charge in [0.2, 0.25) is 5.91 Å². The number of carbonyl (C=O) groups is 1. The molecule has 8 heteroatoms. The zero-order valence-electron chi connectivity index (χ0n) is 17.5. The highest BCUT2D eigenvalue weighted by atomic mass is 19.4. The highest BCUT2D eigenvalue weighted by Crippen LogP contribution is 2.36. The van der Waals surface area contributed by atoms with Crippen LogP contribution in [0.2, 0.25) is 0 Å². The molecule has 0 spiro atoms. The van der Waals surface area contributed by atoms with Crippen LogP contribution in [0.5, 0.6) is 0 Å². The number of hydrogen-bond acceptors (Lipinski definition) is 4. The van der Waals surface area contributed by atoms with Crippen molar-refractivity contribution >= 4 is 17.3 Å². The Labute approximate surface area is 176 Å². The molecule has 1 aliphatic carbocycles. The molecule has 1 aromatic rings. The van der Waals surface area contributed by atoms with E-state index in [1.807, 2.05) is 4.90 Å². The number of unbranched alkanes of at least 4 members (excludes halogenated alkanes) is 1. The molecule has 0 atom stereocenters. The number of nitrogen functional groups attached to an aromatic ring is 1. The average molecular weight is 427 g/mol. The van der Waals surface area contributed by atoms with Gasteiger partial charge in [0.1, 0.15) is 0 Å². The fourth-order valence-electron chi connectivity index (χ4n) is 4.40. The smallest absolute Gasteiger partial charge is 0.398 e. The van der Waals surface area contributed by atoms with E-state index in [1.54, 1.807) is 6.07 Å². The molecule has 2 fully saturated rings. The molecule has 0 aromatic heterocycles. The van der Waals surface area contributed by atoms with Crippen molar-refractivity contribution in [1.29, 1.82) is 0 Å². The summed E-state index contributed by atoms with van der Waals surface area (Å²) in [5.74, 6) is 0.420. The van der Waals surface area contributed by atoms with Gasteiger partial charge in [-0.15, -0.1) is 0 Å². The number of carbonyl (C=O) groups excluding carboxylic acids is 1. The Morgan fingerprint density at radius 2 is 1.77 bits per heavy atom. The summed E-state index contributed by atoms with van der Waals surface area (Å²) in [5.41, 5.74) is 5.06. The first-order valence-corrected chi connectivity index (χ1v) is 11.1. The van der Waals surface area contributed by atoms with Crippen molar-refractivity contribution in [3.8, 4) is 0 Å². The fourth-order valence-corrected chi connectivity index (χ4v) is 4.40. The van der Waals surface area contributed by atoms with E-state index in [1.165, 1.54) is 12.5 Å². The van der Waals surface area contributed by atoms with Gasteiger partial charge < -0.3 is 16.0 Å². The van der Waals surface area contributed by atoms with E-state index >= 15 is 0 Å². The van der Waals surface area contributed by atoms with Gasteiger partial charge in [-0.1, -0.05) is 19.3 Å². The van der Waals surface area contributed by atoms with E-state index < -0.39 is 11.7 Å². The minimum Gasteiger partial charge on any atom is -0.398 e. The van der Waals surface area contributed by atoms with Crippen LogP contribution in [0.25, 0.3) is 0 Å². The van der Waals surface area contributed by atoms with Crippen LogP contribution in [-0.2, 0) is 11.0 Å². The minimum absolute atomic E-state index is 0.207. The molecule has 5 nitrogen and oxygen atoms in total. The number of benzene rings is 1. The molecule has 30 heavy (non-hydrogen) atoms. The van der Waals surface area contributed by atoms with Crippen LogP contribution in [0.4, 0.5) is 24.5 Å². The van der Waals surface area contributed by atoms with E-state index in [4.69, 9.17) is 5.73 Å². The molecule has 168 valence electrons. The lowest BCUT2D eigenvalue weighted by Gasteiger charge is -2.36. The lowest BCUT2D eigenvalue weighted by molar-refractivity contribution is -0.136. The molecule has 0 radical (unpaired) electrons. The fraction of sp³-hybridized carbons (Fsp3) is 0.682. The maximum absolute atomic E-state index is 13.1. The number of nitrogens with zero attached hydrogens (tertiary/aromatic N) is 2. The van der Waals surface area contributed by atoms with Crippen LogP contribution in [-0.4, -0.2) is 50.1 Å². The van der Waals surface area contributed by atoms with E-state index in [2.05, 4.69) is 10.2 Å². The first kappa shape index (κ1) is 22.7. The molecule has 3 rings (SSSR count). The first-order chi connectivity index (χ1) is 14.3. The second kappa shape index (κ2) is 10.4. The second-order valence-corrected chi connectivity index (χ2v) is 8.43. The first-order valence-electron chi connectivity index (χ1n) is 11.1. The second-order valence-electron chi connectivity index (χ2n) is 8.43. The van der Waals surface area contributed by atoms with Crippen LogP contribution in [0.3, 0.4) is 0 Å². The van der Waals surface area contributed by atoms with E-state index in [0.29, 0.717) is 18.8 Å². The topological polar surface area (TPSA) is 61.6 Å². The molecule has 1 saturated heterocycles. The lowest BCUT2D eigenvalue weighted by Crippen LogP contribution is -2.46. The molecule has 0 unspecified atom stereocenters. The Bertz CT molecular complexity index is 696. The van der Waals surface area contributed by atoms with Gasteiger partial charge in [-0.3, -0.25) is 9.69 Å². The van der Waals surface area contributed by atoms with Gasteiger partial charge in [0.05, 0.1) is 5.56 Å². The Morgan fingerprint density at radius 3 is 2.43 bits per heavy atom. The number of alkyl halides is 3. The summed E-state index contributed by atoms with van der Waals surface area (Å²) in [7, 11) is 0. The van der Waals surface area contributed by atoms with Crippen molar-refractivity contribution in [3.63, 3.8) is 0 Å². The van der Waals surface area contributed by atoms with Crippen LogP contribution in [0.1, 0.15) is 50.5 Å². The van der Waals surface area contributed by atoms with Gasteiger partial charge >= 0.3 is 6.18 Å². The summed E-state index contributed by atoms with van der Waals surface area (Å²) in [6, 6.07) is 4.15. The molecule has 1 aliphatic heterocycles. The molecule has 3 N–H and O–H groups in total. The van der Waals surface area contributed by atoms with Crippen molar-refractivity contribution in [1.82, 2.24) is 10.2 Å². The van der Waals surface area contributed by atoms with E-state index in [9.17, 15) is 18.0 Å². The minimum atomic E-state index is -4.44. The van der Waals surface area contributed by atoms with Crippen LogP contribution < -0.4 is 16.0 Å². The van der Waals surface area contributed by atoms with Gasteiger partial charge in [-0.25, -0.2) is 0 Å². The number of nitrogens with two attached hydrogens (primary N) is 1. The largest absolute Gasteiger partial charge is 0.418 e. The standard InChI is InChI=1S/C22H33F3N4O/c23-22(24,25)19-16-18(8-9-20(19)26)29-14-12-28(13-15-29)11-5-4-10-27-21(30)17-6-2-1-3-7-17/h8-9,16-17H,1-7,10-15,26H2,(H,27,30). The van der Waals surface area contributed by atoms with Gasteiger partial charge in [0.15, 0.2) is 0 Å². The van der Waals surface area contributed by atoms with E-state index in [-0.39, 0.29) is 17.5 Å². The molecular weight excluding hydrogens is 393 g/mol. The maximum Gasteiger partial charge on any atom is 0.418 e. The monoisotopic (exact) mass is 426 g/mol. The SMILES string of the molecule is Nc1ccc(N2CCN(CCCCNC(=O)C3CCCCC3)CC2)cc1C(F)(F)F. The average Bonchev–Trinajstić information content (AvgIpc) is 2.74. The Hall–Kier alpha value is -1.96. The van der Waals surface area contributed by atoms with Gasteiger partial charge in [-0.2, -0.15) is 13.2 Å². The third kappa shape index (κ3) is 6.27. The van der Waals surface area contributed by atoms with Gasteiger partial charge in [0, 0.05) is 50.0 Å². The summed E-state index contributed by atoms with van der Waals surface area (Å²) in [5, 5.41) is 3.07. The molecule has 1 aromatic carbocycles. The maximum atomic E-state index is 13.1. The van der Waals surface area contributed by atoms with Crippen LogP contribution >= 0.6 is 0 Å². The Balaban J connectivity index is 1.34. The van der Waals surface area contributed by atoms with Crippen molar-refractivity contribution in [3.05, 3.63) is 23.8 Å². The Kier molecular flexibility index (Phi) is 7.86. The van der Waals surface area contributed by atoms with Crippen molar-refractivity contribution in [2.45, 2.75) is 51.1 Å². The summed E-state index contributed by atoms with van der Waals surface area (Å²) in [6.45, 7) is 4.70. The molecule has 1 saturated carbocycles. The molecule has 2 aliphatic rings. The van der Waals surface area contributed by atoms with Crippen LogP contribution in [0, 0.1) is 5.92 Å². The number of hydrogen-bond donors (Lipinski definition) is 2. The number of amides is 1. The summed E-state index contributed by atoms with van der Waals surface area (Å²) in [4.78, 5) is 16.5. The highest BCUT2D eigenvalue weighted by molar-refractivity contribution is 5.78. The van der Waals surface area contributed by atoms with Crippen LogP contribution in [0.15, 0.2) is 18.2 Å². The third-order valence-corrected chi connectivity index (χ3v) is 6.26. The number of nitrogens with one attached hydrogen (secondary N) is 1. The molecular formula is C22H33F3N4O. The van der Waals surface area contributed by atoms with Gasteiger partial charge in [-0.05, 0) is 50.4 Å². The highest BCUT2D eigenvalue weighted by Gasteiger charge is 2.33. The third-order valence-electron chi connectivity index (χ3n) is 6.26. The molecule has 1 heterocycles. The number of anilines is 2. The van der Waals surface area contributed by atoms with Gasteiger partial charge in [0.25, 0.3) is 0 Å². The zero-order chi connectivity index (χ0) is 21.6. The normalized spacial score (nSPS) is 19.1. The van der Waals surface area contributed by atoms with Crippen molar-refractivity contribution < 1.29 is 18.0 Å². The number of halogens is 3. The summed E-state index contributed by atoms with van der Waals surface area (Å²) < 4.78 is 39.2. The van der Waals surface area contributed by atoms with Crippen molar-refractivity contribution in [2.24, 2.45) is 5.92 Å². The predicted molar refractivity (Wildman–Crippen MR) is 113 cm³/mol. The number of piperazine rings is 1. The predicted octanol–water partition coefficient (Wildman–Crippen LogP) is 3.89. The molecule has 0 bridgehead atoms. The summed E-state index contributed by atoms with van der Waals surface area (Å²) >= 11 is 0. The van der Waals surface area contributed by atoms with Crippen molar-refractivity contribution in [2.75, 3.05) is 49.9 Å². The number of rotatable bonds is 7.